The van der Waals surface area contributed by atoms with Gasteiger partial charge in [0.05, 0.1) is 0 Å². The smallest absolute Gasteiger partial charge is 0.336 e. The average Bonchev–Trinajstić information content (AvgIpc) is 2.97. The molecule has 0 amide bonds. The van der Waals surface area contributed by atoms with Crippen LogP contribution in [0.1, 0.15) is 29.5 Å². The minimum absolute atomic E-state index is 0.230. The van der Waals surface area contributed by atoms with E-state index in [1.165, 1.54) is 18.9 Å². The predicted molar refractivity (Wildman–Crippen MR) is 87.3 cm³/mol. The molecule has 1 aliphatic heterocycles. The first-order valence-electron chi connectivity index (χ1n) is 7.71. The van der Waals surface area contributed by atoms with E-state index in [2.05, 4.69) is 11.5 Å². The molecule has 1 aromatic heterocycles. The Morgan fingerprint density at radius 2 is 2.09 bits per heavy atom. The van der Waals surface area contributed by atoms with Crippen molar-refractivity contribution >= 4 is 11.0 Å². The number of hydrogen-bond donors (Lipinski definition) is 1. The molecule has 2 aromatic rings. The van der Waals surface area contributed by atoms with Crippen molar-refractivity contribution in [1.82, 2.24) is 4.90 Å². The van der Waals surface area contributed by atoms with Gasteiger partial charge >= 0.3 is 5.63 Å². The fourth-order valence-corrected chi connectivity index (χ4v) is 3.20. The molecular weight excluding hydrogens is 278 g/mol. The summed E-state index contributed by atoms with van der Waals surface area (Å²) in [4.78, 5) is 14.0. The first-order chi connectivity index (χ1) is 10.6. The summed E-state index contributed by atoms with van der Waals surface area (Å²) in [7, 11) is 0. The lowest BCUT2D eigenvalue weighted by Gasteiger charge is -2.18. The average molecular weight is 299 g/mol. The summed E-state index contributed by atoms with van der Waals surface area (Å²) >= 11 is 0. The number of likely N-dealkylation sites (tertiary alicyclic amines) is 1. The maximum Gasteiger partial charge on any atom is 0.336 e. The highest BCUT2D eigenvalue weighted by Gasteiger charge is 2.19. The highest BCUT2D eigenvalue weighted by atomic mass is 16.4. The quantitative estimate of drug-likeness (QED) is 0.696. The lowest BCUT2D eigenvalue weighted by Crippen LogP contribution is -2.18. The normalized spacial score (nSPS) is 15.5. The number of hydrogen-bond acceptors (Lipinski definition) is 4. The summed E-state index contributed by atoms with van der Waals surface area (Å²) in [5.41, 5.74) is 2.51. The van der Waals surface area contributed by atoms with Gasteiger partial charge in [-0.1, -0.05) is 6.08 Å². The van der Waals surface area contributed by atoms with Crippen LogP contribution in [0.3, 0.4) is 0 Å². The topological polar surface area (TPSA) is 53.7 Å². The van der Waals surface area contributed by atoms with Crippen molar-refractivity contribution in [1.29, 1.82) is 0 Å². The molecule has 1 fully saturated rings. The van der Waals surface area contributed by atoms with Crippen LogP contribution in [-0.2, 0) is 13.0 Å². The fourth-order valence-electron chi connectivity index (χ4n) is 3.20. The zero-order valence-corrected chi connectivity index (χ0v) is 12.9. The predicted octanol–water partition coefficient (Wildman–Crippen LogP) is 3.13. The van der Waals surface area contributed by atoms with E-state index in [0.29, 0.717) is 17.6 Å². The van der Waals surface area contributed by atoms with Gasteiger partial charge in [0.2, 0.25) is 0 Å². The van der Waals surface area contributed by atoms with Gasteiger partial charge < -0.3 is 9.52 Å². The summed E-state index contributed by atoms with van der Waals surface area (Å²) in [6, 6.07) is 3.45. The second kappa shape index (κ2) is 5.97. The molecule has 0 saturated carbocycles. The Labute approximate surface area is 129 Å². The van der Waals surface area contributed by atoms with Gasteiger partial charge in [0.1, 0.15) is 11.3 Å². The van der Waals surface area contributed by atoms with E-state index in [4.69, 9.17) is 4.42 Å². The molecular formula is C18H21NO3. The molecule has 1 saturated heterocycles. The molecule has 1 aliphatic rings. The van der Waals surface area contributed by atoms with Crippen LogP contribution in [0.5, 0.6) is 5.75 Å². The molecule has 2 heterocycles. The molecule has 1 aromatic carbocycles. The molecule has 3 rings (SSSR count). The Morgan fingerprint density at radius 1 is 1.36 bits per heavy atom. The van der Waals surface area contributed by atoms with Gasteiger partial charge in [-0.2, -0.15) is 0 Å². The summed E-state index contributed by atoms with van der Waals surface area (Å²) in [6.45, 7) is 8.50. The van der Waals surface area contributed by atoms with E-state index in [1.54, 1.807) is 6.08 Å². The molecule has 0 aliphatic carbocycles. The van der Waals surface area contributed by atoms with Crippen molar-refractivity contribution < 1.29 is 9.52 Å². The van der Waals surface area contributed by atoms with Crippen LogP contribution < -0.4 is 5.63 Å². The molecule has 116 valence electrons. The van der Waals surface area contributed by atoms with Gasteiger partial charge in [0.15, 0.2) is 0 Å². The lowest BCUT2D eigenvalue weighted by atomic mass is 9.99. The van der Waals surface area contributed by atoms with Gasteiger partial charge in [-0.05, 0) is 50.9 Å². The Morgan fingerprint density at radius 3 is 2.77 bits per heavy atom. The number of aryl methyl sites for hydroxylation is 1. The summed E-state index contributed by atoms with van der Waals surface area (Å²) in [5, 5.41) is 11.5. The van der Waals surface area contributed by atoms with Crippen LogP contribution in [0, 0.1) is 6.92 Å². The molecule has 0 atom stereocenters. The molecule has 0 unspecified atom stereocenters. The zero-order chi connectivity index (χ0) is 15.7. The maximum absolute atomic E-state index is 11.7. The molecule has 22 heavy (non-hydrogen) atoms. The van der Waals surface area contributed by atoms with Crippen LogP contribution in [0.4, 0.5) is 0 Å². The van der Waals surface area contributed by atoms with Crippen LogP contribution in [0.25, 0.3) is 11.0 Å². The van der Waals surface area contributed by atoms with Crippen molar-refractivity contribution in [2.75, 3.05) is 13.1 Å². The maximum atomic E-state index is 11.7. The fraction of sp³-hybridized carbons (Fsp3) is 0.389. The third-order valence-electron chi connectivity index (χ3n) is 4.33. The third kappa shape index (κ3) is 2.66. The molecule has 1 N–H and O–H groups in total. The van der Waals surface area contributed by atoms with Crippen molar-refractivity contribution in [3.8, 4) is 5.75 Å². The van der Waals surface area contributed by atoms with Crippen molar-refractivity contribution in [3.63, 3.8) is 0 Å². The summed E-state index contributed by atoms with van der Waals surface area (Å²) < 4.78 is 5.36. The van der Waals surface area contributed by atoms with Gasteiger partial charge in [0.25, 0.3) is 0 Å². The van der Waals surface area contributed by atoms with Crippen molar-refractivity contribution in [2.24, 2.45) is 0 Å². The highest BCUT2D eigenvalue weighted by molar-refractivity contribution is 5.86. The highest BCUT2D eigenvalue weighted by Crippen LogP contribution is 2.34. The number of aromatic hydroxyl groups is 1. The Balaban J connectivity index is 2.18. The van der Waals surface area contributed by atoms with Gasteiger partial charge in [0, 0.05) is 29.1 Å². The monoisotopic (exact) mass is 299 g/mol. The Hall–Kier alpha value is -2.07. The third-order valence-corrected chi connectivity index (χ3v) is 4.33. The summed E-state index contributed by atoms with van der Waals surface area (Å²) in [6.07, 6.45) is 4.61. The summed E-state index contributed by atoms with van der Waals surface area (Å²) in [5.74, 6) is 0.230. The number of allylic oxidation sites excluding steroid dienone is 1. The zero-order valence-electron chi connectivity index (χ0n) is 12.9. The van der Waals surface area contributed by atoms with Gasteiger partial charge in [-0.3, -0.25) is 4.90 Å². The van der Waals surface area contributed by atoms with Crippen molar-refractivity contribution in [3.05, 3.63) is 51.9 Å². The lowest BCUT2D eigenvalue weighted by molar-refractivity contribution is 0.323. The first-order valence-corrected chi connectivity index (χ1v) is 7.71. The van der Waals surface area contributed by atoms with E-state index in [9.17, 15) is 9.90 Å². The minimum atomic E-state index is -0.387. The molecule has 4 heteroatoms. The van der Waals surface area contributed by atoms with Gasteiger partial charge in [-0.15, -0.1) is 6.58 Å². The van der Waals surface area contributed by atoms with E-state index >= 15 is 0 Å². The van der Waals surface area contributed by atoms with E-state index in [1.807, 2.05) is 13.0 Å². The Kier molecular flexibility index (Phi) is 4.03. The van der Waals surface area contributed by atoms with Crippen LogP contribution in [0.15, 0.2) is 34.0 Å². The number of benzene rings is 1. The second-order valence-electron chi connectivity index (χ2n) is 5.96. The number of phenolic OH excluding ortho intramolecular Hbond substituents is 1. The molecule has 0 radical (unpaired) electrons. The van der Waals surface area contributed by atoms with Crippen molar-refractivity contribution in [2.45, 2.75) is 32.7 Å². The first kappa shape index (κ1) is 14.9. The van der Waals surface area contributed by atoms with Gasteiger partial charge in [-0.25, -0.2) is 4.79 Å². The van der Waals surface area contributed by atoms with E-state index in [-0.39, 0.29) is 11.4 Å². The number of rotatable bonds is 4. The van der Waals surface area contributed by atoms with E-state index < -0.39 is 0 Å². The Bertz CT molecular complexity index is 770. The number of phenols is 1. The number of nitrogens with zero attached hydrogens (tertiary/aromatic N) is 1. The molecule has 0 spiro atoms. The largest absolute Gasteiger partial charge is 0.507 e. The standard InChI is InChI=1S/C18H21NO3/c1-3-6-14-17(21)13(11-19-7-4-5-8-19)10-15-12(2)9-16(20)22-18(14)15/h3,9-10,21H,1,4-8,11H2,2H3. The van der Waals surface area contributed by atoms with Crippen LogP contribution in [-0.4, -0.2) is 23.1 Å². The molecule has 4 nitrogen and oxygen atoms in total. The second-order valence-corrected chi connectivity index (χ2v) is 5.96. The van der Waals surface area contributed by atoms with Crippen LogP contribution in [0.2, 0.25) is 0 Å². The molecule has 0 bridgehead atoms. The minimum Gasteiger partial charge on any atom is -0.507 e. The SMILES string of the molecule is C=CCc1c(O)c(CN2CCCC2)cc2c(C)cc(=O)oc12. The number of fused-ring (bicyclic) bond motifs is 1. The van der Waals surface area contributed by atoms with Crippen LogP contribution >= 0.6 is 0 Å². The van der Waals surface area contributed by atoms with E-state index in [0.717, 1.165) is 36.1 Å².